The molecule has 0 unspecified atom stereocenters. The third-order valence-electron chi connectivity index (χ3n) is 4.66. The van der Waals surface area contributed by atoms with E-state index in [9.17, 15) is 0 Å². The Morgan fingerprint density at radius 2 is 1.78 bits per heavy atom. The van der Waals surface area contributed by atoms with Crippen LogP contribution >= 0.6 is 0 Å². The minimum Gasteiger partial charge on any atom is -0.398 e. The van der Waals surface area contributed by atoms with Gasteiger partial charge in [0.25, 0.3) is 0 Å². The van der Waals surface area contributed by atoms with Gasteiger partial charge < -0.3 is 10.3 Å². The van der Waals surface area contributed by atoms with E-state index < -0.39 is 0 Å². The zero-order valence-electron chi connectivity index (χ0n) is 15.8. The van der Waals surface area contributed by atoms with Gasteiger partial charge in [-0.05, 0) is 37.6 Å². The molecule has 3 aromatic heterocycles. The number of fused-ring (bicyclic) bond motifs is 1. The van der Waals surface area contributed by atoms with Crippen LogP contribution in [0.4, 0.5) is 5.69 Å². The fourth-order valence-corrected chi connectivity index (χ4v) is 3.34. The van der Waals surface area contributed by atoms with Crippen molar-refractivity contribution in [1.29, 1.82) is 0 Å². The fourth-order valence-electron chi connectivity index (χ4n) is 3.34. The van der Waals surface area contributed by atoms with Crippen molar-refractivity contribution in [1.82, 2.24) is 24.5 Å². The Labute approximate surface area is 158 Å². The van der Waals surface area contributed by atoms with Crippen LogP contribution in [-0.4, -0.2) is 24.5 Å². The van der Waals surface area contributed by atoms with Crippen LogP contribution in [0.25, 0.3) is 22.6 Å². The molecule has 0 radical (unpaired) electrons. The van der Waals surface area contributed by atoms with Gasteiger partial charge >= 0.3 is 0 Å². The summed E-state index contributed by atoms with van der Waals surface area (Å²) in [6, 6.07) is 9.69. The molecule has 0 saturated carbocycles. The first-order chi connectivity index (χ1) is 13.1. The summed E-state index contributed by atoms with van der Waals surface area (Å²) in [7, 11) is 0. The van der Waals surface area contributed by atoms with Gasteiger partial charge in [-0.25, -0.2) is 19.9 Å². The SMILES string of the molecule is CCc1nc2c(C)cc(C)nc2n1Cc1cnc(-c2ccccc2N)nc1. The van der Waals surface area contributed by atoms with E-state index in [-0.39, 0.29) is 0 Å². The average Bonchev–Trinajstić information content (AvgIpc) is 3.01. The van der Waals surface area contributed by atoms with Crippen LogP contribution < -0.4 is 5.73 Å². The first-order valence-corrected chi connectivity index (χ1v) is 9.06. The molecule has 6 heteroatoms. The summed E-state index contributed by atoms with van der Waals surface area (Å²) in [5.74, 6) is 1.65. The van der Waals surface area contributed by atoms with E-state index in [2.05, 4.69) is 34.4 Å². The highest BCUT2D eigenvalue weighted by Crippen LogP contribution is 2.23. The molecule has 6 nitrogen and oxygen atoms in total. The molecule has 136 valence electrons. The van der Waals surface area contributed by atoms with E-state index in [0.29, 0.717) is 18.1 Å². The highest BCUT2D eigenvalue weighted by Gasteiger charge is 2.14. The maximum atomic E-state index is 6.03. The summed E-state index contributed by atoms with van der Waals surface area (Å²) in [4.78, 5) is 18.5. The van der Waals surface area contributed by atoms with Crippen molar-refractivity contribution in [3.05, 3.63) is 65.4 Å². The van der Waals surface area contributed by atoms with Crippen LogP contribution in [0, 0.1) is 13.8 Å². The minimum atomic E-state index is 0.632. The smallest absolute Gasteiger partial charge is 0.161 e. The van der Waals surface area contributed by atoms with Crippen LogP contribution in [0.2, 0.25) is 0 Å². The molecule has 2 N–H and O–H groups in total. The highest BCUT2D eigenvalue weighted by molar-refractivity contribution is 5.76. The molecule has 0 fully saturated rings. The van der Waals surface area contributed by atoms with Crippen molar-refractivity contribution in [2.45, 2.75) is 33.7 Å². The van der Waals surface area contributed by atoms with E-state index in [4.69, 9.17) is 15.7 Å². The zero-order chi connectivity index (χ0) is 19.0. The summed E-state index contributed by atoms with van der Waals surface area (Å²) in [5.41, 5.74) is 12.6. The van der Waals surface area contributed by atoms with Crippen molar-refractivity contribution in [3.63, 3.8) is 0 Å². The van der Waals surface area contributed by atoms with Crippen LogP contribution in [0.15, 0.2) is 42.7 Å². The molecular formula is C21H22N6. The molecule has 0 saturated heterocycles. The Kier molecular flexibility index (Phi) is 4.32. The second kappa shape index (κ2) is 6.79. The lowest BCUT2D eigenvalue weighted by atomic mass is 10.1. The Morgan fingerprint density at radius 1 is 1.04 bits per heavy atom. The van der Waals surface area contributed by atoms with Gasteiger partial charge in [-0.3, -0.25) is 0 Å². The summed E-state index contributed by atoms with van der Waals surface area (Å²) in [6.07, 6.45) is 4.54. The third kappa shape index (κ3) is 3.14. The van der Waals surface area contributed by atoms with Crippen LogP contribution in [0.1, 0.15) is 29.6 Å². The predicted octanol–water partition coefficient (Wildman–Crippen LogP) is 3.70. The monoisotopic (exact) mass is 358 g/mol. The number of nitrogens with two attached hydrogens (primary N) is 1. The van der Waals surface area contributed by atoms with E-state index in [1.165, 1.54) is 0 Å². The van der Waals surface area contributed by atoms with Gasteiger partial charge in [-0.1, -0.05) is 19.1 Å². The van der Waals surface area contributed by atoms with E-state index in [1.807, 2.05) is 43.6 Å². The molecule has 27 heavy (non-hydrogen) atoms. The number of para-hydroxylation sites is 1. The summed E-state index contributed by atoms with van der Waals surface area (Å²) >= 11 is 0. The molecule has 4 aromatic rings. The van der Waals surface area contributed by atoms with Gasteiger partial charge in [0, 0.05) is 41.3 Å². The first-order valence-electron chi connectivity index (χ1n) is 9.06. The minimum absolute atomic E-state index is 0.632. The van der Waals surface area contributed by atoms with E-state index in [1.54, 1.807) is 0 Å². The molecule has 0 aliphatic carbocycles. The van der Waals surface area contributed by atoms with Crippen LogP contribution in [0.5, 0.6) is 0 Å². The lowest BCUT2D eigenvalue weighted by Crippen LogP contribution is -2.07. The third-order valence-corrected chi connectivity index (χ3v) is 4.66. The second-order valence-electron chi connectivity index (χ2n) is 6.72. The topological polar surface area (TPSA) is 82.5 Å². The van der Waals surface area contributed by atoms with Crippen molar-refractivity contribution in [2.75, 3.05) is 5.73 Å². The molecule has 4 rings (SSSR count). The number of anilines is 1. The maximum Gasteiger partial charge on any atom is 0.161 e. The van der Waals surface area contributed by atoms with Crippen molar-refractivity contribution in [2.24, 2.45) is 0 Å². The lowest BCUT2D eigenvalue weighted by molar-refractivity contribution is 0.740. The van der Waals surface area contributed by atoms with Gasteiger partial charge in [0.1, 0.15) is 11.3 Å². The molecule has 0 aliphatic heterocycles. The molecule has 1 aromatic carbocycles. The lowest BCUT2D eigenvalue weighted by Gasteiger charge is -2.09. The summed E-state index contributed by atoms with van der Waals surface area (Å²) in [6.45, 7) is 6.84. The molecule has 0 bridgehead atoms. The van der Waals surface area contributed by atoms with Crippen molar-refractivity contribution in [3.8, 4) is 11.4 Å². The average molecular weight is 358 g/mol. The normalized spacial score (nSPS) is 11.2. The van der Waals surface area contributed by atoms with Crippen molar-refractivity contribution < 1.29 is 0 Å². The summed E-state index contributed by atoms with van der Waals surface area (Å²) < 4.78 is 2.16. The van der Waals surface area contributed by atoms with Gasteiger partial charge in [0.2, 0.25) is 0 Å². The molecule has 0 spiro atoms. The van der Waals surface area contributed by atoms with Gasteiger partial charge in [-0.15, -0.1) is 0 Å². The number of nitrogens with zero attached hydrogens (tertiary/aromatic N) is 5. The number of imidazole rings is 1. The highest BCUT2D eigenvalue weighted by atomic mass is 15.1. The van der Waals surface area contributed by atoms with Crippen molar-refractivity contribution >= 4 is 16.9 Å². The summed E-state index contributed by atoms with van der Waals surface area (Å²) in [5, 5.41) is 0. The molecule has 0 aliphatic rings. The molecule has 0 amide bonds. The van der Waals surface area contributed by atoms with Crippen LogP contribution in [-0.2, 0) is 13.0 Å². The largest absolute Gasteiger partial charge is 0.398 e. The zero-order valence-corrected chi connectivity index (χ0v) is 15.8. The molecular weight excluding hydrogens is 336 g/mol. The number of hydrogen-bond donors (Lipinski definition) is 1. The van der Waals surface area contributed by atoms with Gasteiger partial charge in [0.05, 0.1) is 6.54 Å². The fraction of sp³-hybridized carbons (Fsp3) is 0.238. The number of hydrogen-bond acceptors (Lipinski definition) is 5. The number of rotatable bonds is 4. The standard InChI is InChI=1S/C21H22N6/c1-4-18-26-19-13(2)9-14(3)25-21(19)27(18)12-15-10-23-20(24-11-15)16-7-5-6-8-17(16)22/h5-11H,4,12,22H2,1-3H3. The number of aromatic nitrogens is 5. The molecule has 0 atom stereocenters. The number of aryl methyl sites for hydroxylation is 3. The van der Waals surface area contributed by atoms with Gasteiger partial charge in [0.15, 0.2) is 11.5 Å². The van der Waals surface area contributed by atoms with E-state index >= 15 is 0 Å². The van der Waals surface area contributed by atoms with Gasteiger partial charge in [-0.2, -0.15) is 0 Å². The Morgan fingerprint density at radius 3 is 2.48 bits per heavy atom. The van der Waals surface area contributed by atoms with Crippen LogP contribution in [0.3, 0.4) is 0 Å². The number of nitrogen functional groups attached to an aromatic ring is 1. The molecule has 3 heterocycles. The number of benzene rings is 1. The Bertz CT molecular complexity index is 1110. The maximum absolute atomic E-state index is 6.03. The number of pyridine rings is 1. The Balaban J connectivity index is 1.71. The quantitative estimate of drug-likeness (QED) is 0.563. The second-order valence-corrected chi connectivity index (χ2v) is 6.72. The van der Waals surface area contributed by atoms with E-state index in [0.717, 1.165) is 45.8 Å². The first kappa shape index (κ1) is 17.1. The Hall–Kier alpha value is -3.28. The predicted molar refractivity (Wildman–Crippen MR) is 107 cm³/mol.